The lowest BCUT2D eigenvalue weighted by atomic mass is 10.2. The van der Waals surface area contributed by atoms with E-state index in [0.29, 0.717) is 13.2 Å². The van der Waals surface area contributed by atoms with Crippen LogP contribution in [0.5, 0.6) is 5.75 Å². The summed E-state index contributed by atoms with van der Waals surface area (Å²) in [5, 5.41) is 0. The molecule has 2 N–H and O–H groups in total. The fraction of sp³-hybridized carbons (Fsp3) is 0.308. The second-order valence-corrected chi connectivity index (χ2v) is 4.07. The predicted molar refractivity (Wildman–Crippen MR) is 66.6 cm³/mol. The van der Waals surface area contributed by atoms with E-state index in [4.69, 9.17) is 10.5 Å². The van der Waals surface area contributed by atoms with Crippen molar-refractivity contribution < 1.29 is 4.74 Å². The van der Waals surface area contributed by atoms with Gasteiger partial charge in [-0.3, -0.25) is 0 Å². The summed E-state index contributed by atoms with van der Waals surface area (Å²) in [6.07, 6.45) is 1.93. The van der Waals surface area contributed by atoms with E-state index in [2.05, 4.69) is 4.98 Å². The SMILES string of the molecule is Cc1cccc(OCc2nc(CN)cn2C)c1. The molecule has 2 aromatic rings. The zero-order valence-corrected chi connectivity index (χ0v) is 10.2. The van der Waals surface area contributed by atoms with Crippen molar-refractivity contribution in [3.63, 3.8) is 0 Å². The van der Waals surface area contributed by atoms with Gasteiger partial charge in [0, 0.05) is 19.8 Å². The minimum atomic E-state index is 0.457. The third-order valence-electron chi connectivity index (χ3n) is 2.59. The lowest BCUT2D eigenvalue weighted by molar-refractivity contribution is 0.291. The summed E-state index contributed by atoms with van der Waals surface area (Å²) in [4.78, 5) is 4.38. The van der Waals surface area contributed by atoms with Crippen LogP contribution in [-0.2, 0) is 20.2 Å². The van der Waals surface area contributed by atoms with Gasteiger partial charge in [-0.1, -0.05) is 12.1 Å². The van der Waals surface area contributed by atoms with Gasteiger partial charge < -0.3 is 15.0 Å². The zero-order valence-electron chi connectivity index (χ0n) is 10.2. The molecule has 0 saturated heterocycles. The van der Waals surface area contributed by atoms with Crippen molar-refractivity contribution in [3.8, 4) is 5.75 Å². The van der Waals surface area contributed by atoms with E-state index in [1.807, 2.05) is 49.0 Å². The monoisotopic (exact) mass is 231 g/mol. The van der Waals surface area contributed by atoms with Crippen LogP contribution in [0.25, 0.3) is 0 Å². The van der Waals surface area contributed by atoms with Crippen molar-refractivity contribution in [2.24, 2.45) is 12.8 Å². The molecule has 0 unspecified atom stereocenters. The quantitative estimate of drug-likeness (QED) is 0.872. The van der Waals surface area contributed by atoms with Gasteiger partial charge in [0.1, 0.15) is 18.2 Å². The predicted octanol–water partition coefficient (Wildman–Crippen LogP) is 1.77. The van der Waals surface area contributed by atoms with Crippen LogP contribution < -0.4 is 10.5 Å². The first kappa shape index (κ1) is 11.7. The summed E-state index contributed by atoms with van der Waals surface area (Å²) >= 11 is 0. The number of rotatable bonds is 4. The third-order valence-corrected chi connectivity index (χ3v) is 2.59. The molecule has 17 heavy (non-hydrogen) atoms. The number of imidazole rings is 1. The topological polar surface area (TPSA) is 53.1 Å². The van der Waals surface area contributed by atoms with Crippen LogP contribution in [0.3, 0.4) is 0 Å². The number of hydrogen-bond donors (Lipinski definition) is 1. The number of aryl methyl sites for hydroxylation is 2. The molecule has 0 atom stereocenters. The van der Waals surface area contributed by atoms with Crippen molar-refractivity contribution in [1.29, 1.82) is 0 Å². The number of aromatic nitrogens is 2. The number of benzene rings is 1. The summed E-state index contributed by atoms with van der Waals surface area (Å²) in [6, 6.07) is 7.97. The smallest absolute Gasteiger partial charge is 0.146 e. The maximum atomic E-state index is 5.69. The average molecular weight is 231 g/mol. The molecule has 2 rings (SSSR count). The Bertz CT molecular complexity index is 505. The van der Waals surface area contributed by atoms with Gasteiger partial charge in [-0.05, 0) is 24.6 Å². The Morgan fingerprint density at radius 3 is 2.88 bits per heavy atom. The molecule has 90 valence electrons. The molecule has 0 amide bonds. The molecule has 0 spiro atoms. The van der Waals surface area contributed by atoms with Crippen LogP contribution >= 0.6 is 0 Å². The van der Waals surface area contributed by atoms with Gasteiger partial charge in [0.15, 0.2) is 0 Å². The van der Waals surface area contributed by atoms with Gasteiger partial charge in [0.2, 0.25) is 0 Å². The molecule has 1 aromatic carbocycles. The van der Waals surface area contributed by atoms with Crippen LogP contribution in [0.1, 0.15) is 17.1 Å². The van der Waals surface area contributed by atoms with E-state index < -0.39 is 0 Å². The number of hydrogen-bond acceptors (Lipinski definition) is 3. The first-order chi connectivity index (χ1) is 8.19. The molecule has 0 bridgehead atoms. The van der Waals surface area contributed by atoms with E-state index in [9.17, 15) is 0 Å². The summed E-state index contributed by atoms with van der Waals surface area (Å²) in [6.45, 7) is 2.96. The third kappa shape index (κ3) is 2.85. The first-order valence-electron chi connectivity index (χ1n) is 5.59. The fourth-order valence-electron chi connectivity index (χ4n) is 1.66. The standard InChI is InChI=1S/C13H17N3O/c1-10-4-3-5-12(6-10)17-9-13-15-11(7-14)8-16(13)2/h3-6,8H,7,9,14H2,1-2H3. The molecule has 0 aliphatic rings. The van der Waals surface area contributed by atoms with Crippen LogP contribution in [0.4, 0.5) is 0 Å². The van der Waals surface area contributed by atoms with Crippen LogP contribution in [0, 0.1) is 6.92 Å². The lowest BCUT2D eigenvalue weighted by Gasteiger charge is -2.06. The second kappa shape index (κ2) is 5.01. The number of ether oxygens (including phenoxy) is 1. The highest BCUT2D eigenvalue weighted by Crippen LogP contribution is 2.14. The highest BCUT2D eigenvalue weighted by Gasteiger charge is 2.04. The summed E-state index contributed by atoms with van der Waals surface area (Å²) in [5.74, 6) is 1.74. The van der Waals surface area contributed by atoms with Crippen molar-refractivity contribution in [2.75, 3.05) is 0 Å². The van der Waals surface area contributed by atoms with E-state index in [1.54, 1.807) is 0 Å². The molecule has 0 saturated carbocycles. The van der Waals surface area contributed by atoms with Crippen molar-refractivity contribution in [2.45, 2.75) is 20.1 Å². The minimum absolute atomic E-state index is 0.457. The fourth-order valence-corrected chi connectivity index (χ4v) is 1.66. The molecule has 0 aliphatic heterocycles. The van der Waals surface area contributed by atoms with Crippen molar-refractivity contribution in [1.82, 2.24) is 9.55 Å². The first-order valence-corrected chi connectivity index (χ1v) is 5.59. The van der Waals surface area contributed by atoms with Gasteiger partial charge in [-0.2, -0.15) is 0 Å². The van der Waals surface area contributed by atoms with E-state index in [-0.39, 0.29) is 0 Å². The van der Waals surface area contributed by atoms with Gasteiger partial charge in [0.25, 0.3) is 0 Å². The Morgan fingerprint density at radius 2 is 2.24 bits per heavy atom. The van der Waals surface area contributed by atoms with Crippen LogP contribution in [0.2, 0.25) is 0 Å². The van der Waals surface area contributed by atoms with Crippen LogP contribution in [0.15, 0.2) is 30.5 Å². The highest BCUT2D eigenvalue weighted by atomic mass is 16.5. The largest absolute Gasteiger partial charge is 0.486 e. The Hall–Kier alpha value is -1.81. The minimum Gasteiger partial charge on any atom is -0.486 e. The Kier molecular flexibility index (Phi) is 3.44. The van der Waals surface area contributed by atoms with E-state index in [1.165, 1.54) is 5.56 Å². The molecule has 1 heterocycles. The Balaban J connectivity index is 2.04. The molecule has 0 fully saturated rings. The second-order valence-electron chi connectivity index (χ2n) is 4.07. The molecule has 4 nitrogen and oxygen atoms in total. The maximum absolute atomic E-state index is 5.69. The van der Waals surface area contributed by atoms with Crippen molar-refractivity contribution in [3.05, 3.63) is 47.5 Å². The van der Waals surface area contributed by atoms with E-state index in [0.717, 1.165) is 17.3 Å². The lowest BCUT2D eigenvalue weighted by Crippen LogP contribution is -2.03. The zero-order chi connectivity index (χ0) is 12.3. The summed E-state index contributed by atoms with van der Waals surface area (Å²) in [7, 11) is 1.95. The molecule has 1 aromatic heterocycles. The van der Waals surface area contributed by atoms with Gasteiger partial charge in [-0.15, -0.1) is 0 Å². The highest BCUT2D eigenvalue weighted by molar-refractivity contribution is 5.27. The van der Waals surface area contributed by atoms with Crippen LogP contribution in [-0.4, -0.2) is 9.55 Å². The Morgan fingerprint density at radius 1 is 1.41 bits per heavy atom. The van der Waals surface area contributed by atoms with Gasteiger partial charge in [-0.25, -0.2) is 4.98 Å². The number of nitrogens with two attached hydrogens (primary N) is 1. The molecular weight excluding hydrogens is 214 g/mol. The molecule has 0 aliphatic carbocycles. The normalized spacial score (nSPS) is 10.5. The van der Waals surface area contributed by atoms with Gasteiger partial charge >= 0.3 is 0 Å². The molecular formula is C13H17N3O. The summed E-state index contributed by atoms with van der Waals surface area (Å²) < 4.78 is 7.63. The van der Waals surface area contributed by atoms with E-state index >= 15 is 0 Å². The van der Waals surface area contributed by atoms with Crippen molar-refractivity contribution >= 4 is 0 Å². The average Bonchev–Trinajstić information content (AvgIpc) is 2.68. The summed E-state index contributed by atoms with van der Waals surface area (Å²) in [5.41, 5.74) is 7.61. The van der Waals surface area contributed by atoms with Gasteiger partial charge in [0.05, 0.1) is 5.69 Å². The molecule has 4 heteroatoms. The number of nitrogens with zero attached hydrogens (tertiary/aromatic N) is 2. The Labute approximate surface area is 101 Å². The molecule has 0 radical (unpaired) electrons. The maximum Gasteiger partial charge on any atom is 0.146 e.